The molecule has 282 valence electrons. The molecular formula is C35H31N11Na2O7S2. The Morgan fingerprint density at radius 3 is 1.37 bits per heavy atom. The largest absolute Gasteiger partial charge is 1.00 e. The molecule has 4 aromatic carbocycles. The molecule has 0 fully saturated rings. The van der Waals surface area contributed by atoms with Crippen molar-refractivity contribution < 1.29 is 90.1 Å². The molecule has 0 amide bonds. The minimum Gasteiger partial charge on any atom is -0.740 e. The van der Waals surface area contributed by atoms with Crippen LogP contribution in [-0.2, 0) is 22.7 Å². The second-order valence-electron chi connectivity index (χ2n) is 11.1. The van der Waals surface area contributed by atoms with Crippen molar-refractivity contribution in [2.24, 2.45) is 0 Å². The number of aromatic nitrogens is 6. The predicted molar refractivity (Wildman–Crippen MR) is 207 cm³/mol. The van der Waals surface area contributed by atoms with Crippen molar-refractivity contribution in [1.82, 2.24) is 29.9 Å². The third-order valence-electron chi connectivity index (χ3n) is 7.13. The van der Waals surface area contributed by atoms with Gasteiger partial charge in [0.2, 0.25) is 29.7 Å². The first-order valence-corrected chi connectivity index (χ1v) is 18.2. The molecule has 0 aliphatic heterocycles. The molecular weight excluding hydrogens is 797 g/mol. The fourth-order valence-corrected chi connectivity index (χ4v) is 5.44. The van der Waals surface area contributed by atoms with Crippen molar-refractivity contribution in [1.29, 1.82) is 0 Å². The van der Waals surface area contributed by atoms with Crippen LogP contribution in [0.1, 0.15) is 17.0 Å². The van der Waals surface area contributed by atoms with Crippen LogP contribution in [0.25, 0.3) is 12.2 Å². The summed E-state index contributed by atoms with van der Waals surface area (Å²) in [6.07, 6.45) is 3.05. The van der Waals surface area contributed by atoms with E-state index in [9.17, 15) is 22.6 Å². The number of hydrogen-bond acceptors (Lipinski definition) is 18. The van der Waals surface area contributed by atoms with Crippen LogP contribution >= 0.6 is 0 Å². The summed E-state index contributed by atoms with van der Waals surface area (Å²) in [6, 6.07) is 27.8. The van der Waals surface area contributed by atoms with E-state index >= 15 is 0 Å². The van der Waals surface area contributed by atoms with Crippen LogP contribution in [0.3, 0.4) is 0 Å². The van der Waals surface area contributed by atoms with Crippen molar-refractivity contribution in [2.45, 2.75) is 6.92 Å². The van der Waals surface area contributed by atoms with Crippen molar-refractivity contribution in [3.8, 4) is 11.5 Å². The zero-order valence-corrected chi connectivity index (χ0v) is 36.3. The third-order valence-corrected chi connectivity index (χ3v) is 7.77. The summed E-state index contributed by atoms with van der Waals surface area (Å²) in [5, 5.41) is 24.4. The first kappa shape index (κ1) is 45.1. The molecule has 0 radical (unpaired) electrons. The smallest absolute Gasteiger partial charge is 0.740 e. The van der Waals surface area contributed by atoms with Gasteiger partial charge >= 0.3 is 59.1 Å². The fourth-order valence-electron chi connectivity index (χ4n) is 4.86. The molecule has 57 heavy (non-hydrogen) atoms. The van der Waals surface area contributed by atoms with Gasteiger partial charge in [-0.05, 0) is 55.5 Å². The van der Waals surface area contributed by atoms with E-state index in [1.807, 2.05) is 60.7 Å². The molecule has 6 rings (SSSR count). The Balaban J connectivity index is 0.00000360. The fraction of sp³-hybridized carbons (Fsp3) is 0.0857. The molecule has 2 aromatic heterocycles. The number of rotatable bonds is 17. The second-order valence-corrected chi connectivity index (χ2v) is 12.3. The number of nitrogens with one attached hydrogen (secondary N) is 5. The van der Waals surface area contributed by atoms with Crippen LogP contribution < -0.4 is 94.1 Å². The van der Waals surface area contributed by atoms with Crippen LogP contribution in [0.5, 0.6) is 11.5 Å². The maximum absolute atomic E-state index is 11.7. The molecule has 18 nitrogen and oxygen atoms in total. The molecule has 6 N–H and O–H groups in total. The first-order valence-electron chi connectivity index (χ1n) is 16.2. The van der Waals surface area contributed by atoms with Gasteiger partial charge in [-0.2, -0.15) is 29.9 Å². The van der Waals surface area contributed by atoms with Crippen LogP contribution in [0.15, 0.2) is 97.1 Å². The minimum absolute atomic E-state index is 0. The Bertz CT molecular complexity index is 2340. The summed E-state index contributed by atoms with van der Waals surface area (Å²) in [7, 11) is 0. The summed E-state index contributed by atoms with van der Waals surface area (Å²) < 4.78 is 56.8. The average molecular weight is 828 g/mol. The number of aliphatic hydroxyl groups is 1. The van der Waals surface area contributed by atoms with Gasteiger partial charge in [0.05, 0.1) is 6.61 Å². The van der Waals surface area contributed by atoms with E-state index in [1.165, 1.54) is 24.3 Å². The molecule has 2 atom stereocenters. The van der Waals surface area contributed by atoms with E-state index in [-0.39, 0.29) is 108 Å². The van der Waals surface area contributed by atoms with Crippen molar-refractivity contribution in [3.63, 3.8) is 0 Å². The Hall–Kier alpha value is -4.58. The molecule has 6 aromatic rings. The van der Waals surface area contributed by atoms with E-state index in [0.717, 1.165) is 11.4 Å². The van der Waals surface area contributed by atoms with E-state index < -0.39 is 22.7 Å². The Morgan fingerprint density at radius 2 is 0.965 bits per heavy atom. The number of anilines is 9. The quantitative estimate of drug-likeness (QED) is 0.0376. The van der Waals surface area contributed by atoms with E-state index in [1.54, 1.807) is 31.2 Å². The maximum Gasteiger partial charge on any atom is 1.00 e. The summed E-state index contributed by atoms with van der Waals surface area (Å²) >= 11 is -5.87. The summed E-state index contributed by atoms with van der Waals surface area (Å²) in [5.41, 5.74) is 2.92. The van der Waals surface area contributed by atoms with E-state index in [4.69, 9.17) is 8.37 Å². The van der Waals surface area contributed by atoms with Gasteiger partial charge in [0, 0.05) is 52.6 Å². The summed E-state index contributed by atoms with van der Waals surface area (Å²) in [4.78, 5) is 26.1. The first-order chi connectivity index (χ1) is 26.7. The molecule has 0 aliphatic carbocycles. The maximum atomic E-state index is 11.7. The van der Waals surface area contributed by atoms with Gasteiger partial charge in [-0.1, -0.05) is 48.6 Å². The second kappa shape index (κ2) is 22.4. The van der Waals surface area contributed by atoms with Crippen LogP contribution in [0.4, 0.5) is 52.5 Å². The van der Waals surface area contributed by atoms with Crippen LogP contribution in [0.2, 0.25) is 0 Å². The molecule has 0 aliphatic rings. The topological polar surface area (TPSA) is 256 Å². The van der Waals surface area contributed by atoms with Crippen molar-refractivity contribution in [2.75, 3.05) is 39.7 Å². The number of nitrogens with zero attached hydrogens (tertiary/aromatic N) is 6. The van der Waals surface area contributed by atoms with Crippen LogP contribution in [-0.4, -0.2) is 65.7 Å². The Morgan fingerprint density at radius 1 is 0.579 bits per heavy atom. The van der Waals surface area contributed by atoms with Gasteiger partial charge in [0.15, 0.2) is 0 Å². The average Bonchev–Trinajstić information content (AvgIpc) is 3.14. The molecule has 0 spiro atoms. The number of para-hydroxylation sites is 2. The van der Waals surface area contributed by atoms with Crippen molar-refractivity contribution >= 4 is 87.4 Å². The van der Waals surface area contributed by atoms with Gasteiger partial charge in [0.1, 0.15) is 40.0 Å². The normalized spacial score (nSPS) is 11.6. The molecule has 0 bridgehead atoms. The van der Waals surface area contributed by atoms with Gasteiger partial charge in [0.25, 0.3) is 0 Å². The molecule has 0 saturated carbocycles. The van der Waals surface area contributed by atoms with E-state index in [0.29, 0.717) is 34.3 Å². The van der Waals surface area contributed by atoms with Crippen LogP contribution in [0, 0.1) is 6.92 Å². The van der Waals surface area contributed by atoms with Crippen molar-refractivity contribution in [3.05, 3.63) is 114 Å². The number of benzene rings is 4. The van der Waals surface area contributed by atoms with Gasteiger partial charge in [-0.3, -0.25) is 0 Å². The zero-order valence-electron chi connectivity index (χ0n) is 30.7. The minimum atomic E-state index is -2.95. The molecule has 0 saturated heterocycles. The van der Waals surface area contributed by atoms with Gasteiger partial charge in [-0.15, -0.1) is 0 Å². The number of aryl methyl sites for hydroxylation is 1. The van der Waals surface area contributed by atoms with E-state index in [2.05, 4.69) is 56.5 Å². The molecule has 2 heterocycles. The molecule has 22 heteroatoms. The third kappa shape index (κ3) is 14.1. The standard InChI is InChI=1S/C35H33N11O7S2.2Na/c1-22-37-32(39-25-8-4-2-5-9-25)45-33(38-22)41-27-16-14-23(29(20-27)52-54(48)49)12-13-24-15-17-28(21-30(24)53-55(50)51)42-35-44-31(36-18-19-47)43-34(46-35)40-26-10-6-3-7-11-26;;/h2-17,20-21,47H,18-19H2,1H3,(H,48,49)(H,50,51)(H2,37,38,39,41,45)(H3,36,40,42,43,44,46);;/q;2*+1/p-2/b13-12+;;. The monoisotopic (exact) mass is 827 g/mol. The number of aliphatic hydroxyl groups excluding tert-OH is 1. The summed E-state index contributed by atoms with van der Waals surface area (Å²) in [5.74, 6) is 1.30. The molecule has 2 unspecified atom stereocenters. The SMILES string of the molecule is Cc1nc(Nc2ccccc2)nc(Nc2ccc(/C=C/c3ccc(Nc4nc(NCCO)nc(Nc5ccccc5)n4)cc3OS(=O)[O-])c(OS(=O)[O-])c2)n1.[Na+].[Na+]. The zero-order chi connectivity index (χ0) is 38.6. The van der Waals surface area contributed by atoms with Gasteiger partial charge in [-0.25, -0.2) is 8.42 Å². The Kier molecular flexibility index (Phi) is 17.7. The summed E-state index contributed by atoms with van der Waals surface area (Å²) in [6.45, 7) is 1.73. The Labute approximate surface area is 376 Å². The predicted octanol–water partition coefficient (Wildman–Crippen LogP) is -0.732. The van der Waals surface area contributed by atoms with Gasteiger partial charge < -0.3 is 49.2 Å². The number of hydrogen-bond donors (Lipinski definition) is 6.